The maximum atomic E-state index is 4.91. The van der Waals surface area contributed by atoms with Gasteiger partial charge in [-0.05, 0) is 57.9 Å². The third-order valence-corrected chi connectivity index (χ3v) is 6.57. The SMILES string of the molecule is Cc1cnnc(N(C)C2CCN(c3nc(C)c(CN(C)Cc4ccccc4)c(C)n3)CC2)c1. The van der Waals surface area contributed by atoms with Crippen molar-refractivity contribution in [2.45, 2.75) is 52.7 Å². The van der Waals surface area contributed by atoms with Crippen LogP contribution in [-0.4, -0.2) is 58.3 Å². The molecule has 1 aromatic carbocycles. The molecule has 1 aliphatic heterocycles. The van der Waals surface area contributed by atoms with Crippen LogP contribution in [0.5, 0.6) is 0 Å². The third-order valence-electron chi connectivity index (χ3n) is 6.57. The summed E-state index contributed by atoms with van der Waals surface area (Å²) in [4.78, 5) is 16.7. The van der Waals surface area contributed by atoms with Gasteiger partial charge >= 0.3 is 0 Å². The fourth-order valence-corrected chi connectivity index (χ4v) is 4.57. The topological polar surface area (TPSA) is 61.3 Å². The van der Waals surface area contributed by atoms with E-state index in [0.717, 1.165) is 67.7 Å². The first-order chi connectivity index (χ1) is 15.9. The second kappa shape index (κ2) is 10.3. The van der Waals surface area contributed by atoms with Crippen LogP contribution in [0, 0.1) is 20.8 Å². The summed E-state index contributed by atoms with van der Waals surface area (Å²) in [7, 11) is 4.27. The normalized spacial score (nSPS) is 14.7. The van der Waals surface area contributed by atoms with E-state index < -0.39 is 0 Å². The van der Waals surface area contributed by atoms with E-state index in [2.05, 4.69) is 96.2 Å². The van der Waals surface area contributed by atoms with Crippen LogP contribution in [0.25, 0.3) is 0 Å². The van der Waals surface area contributed by atoms with E-state index in [9.17, 15) is 0 Å². The second-order valence-corrected chi connectivity index (χ2v) is 9.25. The minimum atomic E-state index is 0.449. The quantitative estimate of drug-likeness (QED) is 0.546. The van der Waals surface area contributed by atoms with Crippen LogP contribution < -0.4 is 9.80 Å². The molecule has 0 atom stereocenters. The van der Waals surface area contributed by atoms with Crippen molar-refractivity contribution < 1.29 is 0 Å². The molecule has 4 rings (SSSR count). The van der Waals surface area contributed by atoms with Crippen molar-refractivity contribution in [3.05, 3.63) is 70.7 Å². The second-order valence-electron chi connectivity index (χ2n) is 9.25. The first-order valence-electron chi connectivity index (χ1n) is 11.7. The van der Waals surface area contributed by atoms with E-state index in [1.807, 2.05) is 0 Å². The lowest BCUT2D eigenvalue weighted by molar-refractivity contribution is 0.316. The van der Waals surface area contributed by atoms with E-state index in [4.69, 9.17) is 9.97 Å². The molecule has 7 nitrogen and oxygen atoms in total. The van der Waals surface area contributed by atoms with Gasteiger partial charge < -0.3 is 9.80 Å². The van der Waals surface area contributed by atoms with Gasteiger partial charge in [-0.2, -0.15) is 5.10 Å². The van der Waals surface area contributed by atoms with Gasteiger partial charge in [0.2, 0.25) is 5.95 Å². The Morgan fingerprint density at radius 1 is 0.939 bits per heavy atom. The Morgan fingerprint density at radius 3 is 2.24 bits per heavy atom. The van der Waals surface area contributed by atoms with Crippen LogP contribution in [0.2, 0.25) is 0 Å². The average molecular weight is 446 g/mol. The highest BCUT2D eigenvalue weighted by Gasteiger charge is 2.25. The number of hydrogen-bond acceptors (Lipinski definition) is 7. The number of aryl methyl sites for hydroxylation is 3. The fourth-order valence-electron chi connectivity index (χ4n) is 4.57. The molecule has 0 unspecified atom stereocenters. The molecule has 0 saturated carbocycles. The van der Waals surface area contributed by atoms with Gasteiger partial charge in [-0.1, -0.05) is 30.3 Å². The molecule has 0 bridgehead atoms. The number of nitrogens with zero attached hydrogens (tertiary/aromatic N) is 7. The highest BCUT2D eigenvalue weighted by Crippen LogP contribution is 2.24. The molecule has 0 spiro atoms. The number of aromatic nitrogens is 4. The largest absolute Gasteiger partial charge is 0.355 e. The maximum Gasteiger partial charge on any atom is 0.225 e. The summed E-state index contributed by atoms with van der Waals surface area (Å²) in [5.41, 5.74) is 5.83. The van der Waals surface area contributed by atoms with Crippen LogP contribution in [0.1, 0.15) is 40.9 Å². The van der Waals surface area contributed by atoms with Gasteiger partial charge in [0.05, 0.1) is 6.20 Å². The van der Waals surface area contributed by atoms with E-state index in [0.29, 0.717) is 6.04 Å². The number of hydrogen-bond donors (Lipinski definition) is 0. The Kier molecular flexibility index (Phi) is 7.18. The van der Waals surface area contributed by atoms with Gasteiger partial charge in [-0.3, -0.25) is 4.90 Å². The number of benzene rings is 1. The molecule has 1 aliphatic rings. The van der Waals surface area contributed by atoms with Gasteiger partial charge in [0.15, 0.2) is 5.82 Å². The van der Waals surface area contributed by atoms with Crippen molar-refractivity contribution in [3.63, 3.8) is 0 Å². The molecular weight excluding hydrogens is 410 g/mol. The monoisotopic (exact) mass is 445 g/mol. The lowest BCUT2D eigenvalue weighted by Gasteiger charge is -2.37. The molecule has 3 heterocycles. The van der Waals surface area contributed by atoms with Crippen LogP contribution in [-0.2, 0) is 13.1 Å². The molecule has 0 N–H and O–H groups in total. The smallest absolute Gasteiger partial charge is 0.225 e. The summed E-state index contributed by atoms with van der Waals surface area (Å²) in [5.74, 6) is 1.80. The van der Waals surface area contributed by atoms with Crippen LogP contribution in [0.3, 0.4) is 0 Å². The molecule has 0 radical (unpaired) electrons. The number of rotatable bonds is 7. The summed E-state index contributed by atoms with van der Waals surface area (Å²) >= 11 is 0. The summed E-state index contributed by atoms with van der Waals surface area (Å²) in [6, 6.07) is 13.1. The van der Waals surface area contributed by atoms with Crippen molar-refractivity contribution in [2.75, 3.05) is 37.0 Å². The molecule has 1 fully saturated rings. The van der Waals surface area contributed by atoms with Crippen molar-refractivity contribution in [2.24, 2.45) is 0 Å². The average Bonchev–Trinajstić information content (AvgIpc) is 2.81. The van der Waals surface area contributed by atoms with Gasteiger partial charge in [0.25, 0.3) is 0 Å². The van der Waals surface area contributed by atoms with Crippen molar-refractivity contribution >= 4 is 11.8 Å². The molecule has 33 heavy (non-hydrogen) atoms. The van der Waals surface area contributed by atoms with Crippen LogP contribution in [0.4, 0.5) is 11.8 Å². The Balaban J connectivity index is 1.38. The van der Waals surface area contributed by atoms with Crippen LogP contribution in [0.15, 0.2) is 42.6 Å². The van der Waals surface area contributed by atoms with Gasteiger partial charge in [0.1, 0.15) is 0 Å². The summed E-state index contributed by atoms with van der Waals surface area (Å²) in [6.07, 6.45) is 3.90. The zero-order chi connectivity index (χ0) is 23.4. The van der Waals surface area contributed by atoms with Crippen molar-refractivity contribution in [1.82, 2.24) is 25.1 Å². The van der Waals surface area contributed by atoms with Crippen LogP contribution >= 0.6 is 0 Å². The lowest BCUT2D eigenvalue weighted by atomic mass is 10.0. The zero-order valence-electron chi connectivity index (χ0n) is 20.5. The van der Waals surface area contributed by atoms with Crippen molar-refractivity contribution in [1.29, 1.82) is 0 Å². The van der Waals surface area contributed by atoms with E-state index in [1.54, 1.807) is 6.20 Å². The molecule has 3 aromatic rings. The predicted octanol–water partition coefficient (Wildman–Crippen LogP) is 3.93. The minimum absolute atomic E-state index is 0.449. The van der Waals surface area contributed by atoms with Gasteiger partial charge in [-0.15, -0.1) is 5.10 Å². The molecule has 7 heteroatoms. The Bertz CT molecular complexity index is 1040. The first-order valence-corrected chi connectivity index (χ1v) is 11.7. The number of anilines is 2. The predicted molar refractivity (Wildman–Crippen MR) is 134 cm³/mol. The summed E-state index contributed by atoms with van der Waals surface area (Å²) < 4.78 is 0. The Labute approximate surface area is 197 Å². The van der Waals surface area contributed by atoms with E-state index >= 15 is 0 Å². The van der Waals surface area contributed by atoms with E-state index in [1.165, 1.54) is 11.1 Å². The number of piperidine rings is 1. The molecule has 2 aromatic heterocycles. The summed E-state index contributed by atoms with van der Waals surface area (Å²) in [5, 5.41) is 8.42. The van der Waals surface area contributed by atoms with Crippen molar-refractivity contribution in [3.8, 4) is 0 Å². The molecule has 1 saturated heterocycles. The third kappa shape index (κ3) is 5.66. The molecular formula is C26H35N7. The lowest BCUT2D eigenvalue weighted by Crippen LogP contribution is -2.44. The molecule has 174 valence electrons. The minimum Gasteiger partial charge on any atom is -0.355 e. The highest BCUT2D eigenvalue weighted by atomic mass is 15.3. The highest BCUT2D eigenvalue weighted by molar-refractivity contribution is 5.41. The van der Waals surface area contributed by atoms with Gasteiger partial charge in [0, 0.05) is 56.2 Å². The Hall–Kier alpha value is -3.06. The molecule has 0 amide bonds. The molecule has 0 aliphatic carbocycles. The summed E-state index contributed by atoms with van der Waals surface area (Å²) in [6.45, 7) is 9.92. The first kappa shape index (κ1) is 23.1. The maximum absolute atomic E-state index is 4.91. The zero-order valence-corrected chi connectivity index (χ0v) is 20.5. The van der Waals surface area contributed by atoms with E-state index in [-0.39, 0.29) is 0 Å². The standard InChI is InChI=1S/C26H35N7/c1-19-15-25(30-27-16-19)32(5)23-11-13-33(14-12-23)26-28-20(2)24(21(3)29-26)18-31(4)17-22-9-7-6-8-10-22/h6-10,15-16,23H,11-14,17-18H2,1-5H3. The fraction of sp³-hybridized carbons (Fsp3) is 0.462. The van der Waals surface area contributed by atoms with Gasteiger partial charge in [-0.25, -0.2) is 9.97 Å². The Morgan fingerprint density at radius 2 is 1.61 bits per heavy atom.